The van der Waals surface area contributed by atoms with Crippen LogP contribution in [-0.4, -0.2) is 29.8 Å². The maximum atomic E-state index is 12.3. The number of ether oxygens (including phenoxy) is 1. The second-order valence-corrected chi connectivity index (χ2v) is 5.26. The number of carbonyl (C=O) groups excluding carboxylic acids is 1. The van der Waals surface area contributed by atoms with Crippen LogP contribution in [0.15, 0.2) is 24.3 Å². The number of fused-ring (bicyclic) bond motifs is 1. The molecule has 1 aliphatic heterocycles. The fourth-order valence-electron chi connectivity index (χ4n) is 2.07. The summed E-state index contributed by atoms with van der Waals surface area (Å²) in [6, 6.07) is 7.61. The molecule has 0 saturated heterocycles. The van der Waals surface area contributed by atoms with Crippen molar-refractivity contribution in [2.45, 2.75) is 31.7 Å². The smallest absolute Gasteiger partial charge is 0.228 e. The number of para-hydroxylation sites is 1. The Morgan fingerprint density at radius 1 is 1.50 bits per heavy atom. The Kier molecular flexibility index (Phi) is 3.57. The first kappa shape index (κ1) is 12.9. The zero-order chi connectivity index (χ0) is 13.2. The molecular weight excluding hydrogens is 230 g/mol. The van der Waals surface area contributed by atoms with Gasteiger partial charge in [-0.3, -0.25) is 4.79 Å². The predicted octanol–water partition coefficient (Wildman–Crippen LogP) is 1.44. The molecule has 1 atom stereocenters. The van der Waals surface area contributed by atoms with E-state index >= 15 is 0 Å². The number of hydrogen-bond acceptors (Lipinski definition) is 3. The van der Waals surface area contributed by atoms with Crippen LogP contribution < -0.4 is 10.1 Å². The van der Waals surface area contributed by atoms with Gasteiger partial charge in [0.25, 0.3) is 0 Å². The first-order chi connectivity index (χ1) is 8.53. The molecule has 4 heteroatoms. The fraction of sp³-hybridized carbons (Fsp3) is 0.500. The van der Waals surface area contributed by atoms with E-state index in [1.165, 1.54) is 0 Å². The molecule has 1 aliphatic rings. The summed E-state index contributed by atoms with van der Waals surface area (Å²) in [5.41, 5.74) is 0.333. The zero-order valence-electron chi connectivity index (χ0n) is 10.8. The third kappa shape index (κ3) is 2.64. The highest BCUT2D eigenvalue weighted by Crippen LogP contribution is 2.33. The quantitative estimate of drug-likeness (QED) is 0.852. The third-order valence-electron chi connectivity index (χ3n) is 3.13. The average molecular weight is 249 g/mol. The van der Waals surface area contributed by atoms with Crippen LogP contribution in [0.4, 0.5) is 0 Å². The highest BCUT2D eigenvalue weighted by atomic mass is 16.5. The van der Waals surface area contributed by atoms with Crippen LogP contribution in [0.1, 0.15) is 31.7 Å². The molecule has 1 amide bonds. The summed E-state index contributed by atoms with van der Waals surface area (Å²) in [4.78, 5) is 12.3. The second kappa shape index (κ2) is 4.98. The van der Waals surface area contributed by atoms with Gasteiger partial charge in [-0.15, -0.1) is 0 Å². The van der Waals surface area contributed by atoms with E-state index in [-0.39, 0.29) is 18.4 Å². The van der Waals surface area contributed by atoms with Crippen molar-refractivity contribution in [2.75, 3.05) is 13.2 Å². The molecule has 0 aromatic heterocycles. The second-order valence-electron chi connectivity index (χ2n) is 5.26. The molecule has 0 fully saturated rings. The molecule has 0 bridgehead atoms. The molecule has 2 rings (SSSR count). The summed E-state index contributed by atoms with van der Waals surface area (Å²) in [6.07, 6.45) is 0.671. The summed E-state index contributed by atoms with van der Waals surface area (Å²) in [7, 11) is 0. The Morgan fingerprint density at radius 3 is 2.94 bits per heavy atom. The number of benzene rings is 1. The highest BCUT2D eigenvalue weighted by Gasteiger charge is 2.30. The van der Waals surface area contributed by atoms with E-state index in [1.807, 2.05) is 24.3 Å². The van der Waals surface area contributed by atoms with Crippen molar-refractivity contribution in [3.63, 3.8) is 0 Å². The largest absolute Gasteiger partial charge is 0.493 e. The van der Waals surface area contributed by atoms with E-state index in [1.54, 1.807) is 13.8 Å². The van der Waals surface area contributed by atoms with Crippen LogP contribution in [0, 0.1) is 0 Å². The van der Waals surface area contributed by atoms with Gasteiger partial charge in [0.1, 0.15) is 5.75 Å². The van der Waals surface area contributed by atoms with Crippen molar-refractivity contribution in [3.8, 4) is 5.75 Å². The standard InChI is InChI=1S/C14H19NO3/c1-14(2,9-16)15-13(17)11-7-8-18-12-6-4-3-5-10(11)12/h3-6,11,16H,7-9H2,1-2H3,(H,15,17). The summed E-state index contributed by atoms with van der Waals surface area (Å²) >= 11 is 0. The Bertz CT molecular complexity index is 442. The Hall–Kier alpha value is -1.55. The zero-order valence-corrected chi connectivity index (χ0v) is 10.8. The summed E-state index contributed by atoms with van der Waals surface area (Å²) < 4.78 is 5.53. The number of rotatable bonds is 3. The number of carbonyl (C=O) groups is 1. The van der Waals surface area contributed by atoms with Gasteiger partial charge in [0, 0.05) is 5.56 Å². The molecule has 0 aliphatic carbocycles. The lowest BCUT2D eigenvalue weighted by Crippen LogP contribution is -2.48. The van der Waals surface area contributed by atoms with Crippen molar-refractivity contribution in [1.29, 1.82) is 0 Å². The summed E-state index contributed by atoms with van der Waals surface area (Å²) in [5.74, 6) is 0.538. The Morgan fingerprint density at radius 2 is 2.22 bits per heavy atom. The number of amides is 1. The molecule has 0 spiro atoms. The van der Waals surface area contributed by atoms with Crippen molar-refractivity contribution in [1.82, 2.24) is 5.32 Å². The van der Waals surface area contributed by atoms with Crippen LogP contribution in [0.5, 0.6) is 5.75 Å². The van der Waals surface area contributed by atoms with E-state index in [0.29, 0.717) is 13.0 Å². The van der Waals surface area contributed by atoms with Gasteiger partial charge >= 0.3 is 0 Å². The van der Waals surface area contributed by atoms with Crippen LogP contribution in [0.25, 0.3) is 0 Å². The molecule has 1 unspecified atom stereocenters. The lowest BCUT2D eigenvalue weighted by atomic mass is 9.91. The number of aliphatic hydroxyl groups excluding tert-OH is 1. The molecule has 98 valence electrons. The average Bonchev–Trinajstić information content (AvgIpc) is 2.37. The van der Waals surface area contributed by atoms with Gasteiger partial charge in [-0.05, 0) is 26.3 Å². The minimum absolute atomic E-state index is 0.0511. The monoisotopic (exact) mass is 249 g/mol. The predicted molar refractivity (Wildman–Crippen MR) is 68.6 cm³/mol. The summed E-state index contributed by atoms with van der Waals surface area (Å²) in [6.45, 7) is 4.07. The minimum atomic E-state index is -0.593. The van der Waals surface area contributed by atoms with E-state index in [0.717, 1.165) is 11.3 Å². The summed E-state index contributed by atoms with van der Waals surface area (Å²) in [5, 5.41) is 12.1. The third-order valence-corrected chi connectivity index (χ3v) is 3.13. The topological polar surface area (TPSA) is 58.6 Å². The number of nitrogens with one attached hydrogen (secondary N) is 1. The molecular formula is C14H19NO3. The molecule has 18 heavy (non-hydrogen) atoms. The molecule has 4 nitrogen and oxygen atoms in total. The minimum Gasteiger partial charge on any atom is -0.493 e. The lowest BCUT2D eigenvalue weighted by Gasteiger charge is -2.30. The molecule has 1 heterocycles. The van der Waals surface area contributed by atoms with E-state index < -0.39 is 5.54 Å². The molecule has 2 N–H and O–H groups in total. The highest BCUT2D eigenvalue weighted by molar-refractivity contribution is 5.85. The molecule has 1 aromatic rings. The van der Waals surface area contributed by atoms with Crippen molar-refractivity contribution >= 4 is 5.91 Å². The van der Waals surface area contributed by atoms with Crippen LogP contribution in [0.3, 0.4) is 0 Å². The fourth-order valence-corrected chi connectivity index (χ4v) is 2.07. The normalized spacial score (nSPS) is 18.7. The van der Waals surface area contributed by atoms with Gasteiger partial charge in [0.15, 0.2) is 0 Å². The first-order valence-electron chi connectivity index (χ1n) is 6.18. The van der Waals surface area contributed by atoms with Crippen LogP contribution in [-0.2, 0) is 4.79 Å². The molecule has 1 aromatic carbocycles. The first-order valence-corrected chi connectivity index (χ1v) is 6.18. The lowest BCUT2D eigenvalue weighted by molar-refractivity contribution is -0.125. The van der Waals surface area contributed by atoms with Gasteiger partial charge in [-0.2, -0.15) is 0 Å². The molecule has 0 saturated carbocycles. The maximum Gasteiger partial charge on any atom is 0.228 e. The van der Waals surface area contributed by atoms with E-state index in [4.69, 9.17) is 4.74 Å². The SMILES string of the molecule is CC(C)(CO)NC(=O)C1CCOc2ccccc21. The van der Waals surface area contributed by atoms with Crippen molar-refractivity contribution in [3.05, 3.63) is 29.8 Å². The number of hydrogen-bond donors (Lipinski definition) is 2. The van der Waals surface area contributed by atoms with Crippen LogP contribution >= 0.6 is 0 Å². The van der Waals surface area contributed by atoms with Gasteiger partial charge in [-0.1, -0.05) is 18.2 Å². The van der Waals surface area contributed by atoms with Crippen LogP contribution in [0.2, 0.25) is 0 Å². The Balaban J connectivity index is 2.18. The van der Waals surface area contributed by atoms with Gasteiger partial charge in [-0.25, -0.2) is 0 Å². The van der Waals surface area contributed by atoms with Gasteiger partial charge in [0.05, 0.1) is 24.7 Å². The number of aliphatic hydroxyl groups is 1. The van der Waals surface area contributed by atoms with Gasteiger partial charge in [0.2, 0.25) is 5.91 Å². The van der Waals surface area contributed by atoms with E-state index in [9.17, 15) is 9.90 Å². The van der Waals surface area contributed by atoms with Crippen molar-refractivity contribution in [2.24, 2.45) is 0 Å². The Labute approximate surface area is 107 Å². The van der Waals surface area contributed by atoms with Crippen molar-refractivity contribution < 1.29 is 14.6 Å². The molecule has 0 radical (unpaired) electrons. The van der Waals surface area contributed by atoms with E-state index in [2.05, 4.69) is 5.32 Å². The maximum absolute atomic E-state index is 12.3. The van der Waals surface area contributed by atoms with Gasteiger partial charge < -0.3 is 15.2 Å².